The van der Waals surface area contributed by atoms with E-state index >= 15 is 0 Å². The Morgan fingerprint density at radius 2 is 1.80 bits per heavy atom. The Balaban J connectivity index is 1.89. The van der Waals surface area contributed by atoms with E-state index in [1.807, 2.05) is 43.1 Å². The van der Waals surface area contributed by atoms with Crippen LogP contribution in [0.4, 0.5) is 11.4 Å². The Morgan fingerprint density at radius 1 is 1.13 bits per heavy atom. The predicted molar refractivity (Wildman–Crippen MR) is 114 cm³/mol. The van der Waals surface area contributed by atoms with Crippen LogP contribution >= 0.6 is 0 Å². The third-order valence-corrected chi connectivity index (χ3v) is 7.14. The molecule has 2 aromatic rings. The van der Waals surface area contributed by atoms with Gasteiger partial charge in [0.1, 0.15) is 11.4 Å². The van der Waals surface area contributed by atoms with Crippen molar-refractivity contribution in [1.82, 2.24) is 9.21 Å². The number of nitrogens with zero attached hydrogens (tertiary/aromatic N) is 3. The second-order valence-electron chi connectivity index (χ2n) is 7.25. The number of anilines is 1. The number of hydrogen-bond donors (Lipinski definition) is 1. The van der Waals surface area contributed by atoms with Crippen molar-refractivity contribution < 1.29 is 18.1 Å². The number of ether oxygens (including phenoxy) is 1. The van der Waals surface area contributed by atoms with Gasteiger partial charge in [0.2, 0.25) is 10.0 Å². The molecule has 0 unspecified atom stereocenters. The van der Waals surface area contributed by atoms with Crippen LogP contribution in [0.25, 0.3) is 0 Å². The predicted octanol–water partition coefficient (Wildman–Crippen LogP) is 2.71. The summed E-state index contributed by atoms with van der Waals surface area (Å²) in [6.45, 7) is 3.82. The van der Waals surface area contributed by atoms with Crippen molar-refractivity contribution in [3.8, 4) is 5.75 Å². The monoisotopic (exact) mass is 434 g/mol. The minimum absolute atomic E-state index is 0.0748. The molecule has 30 heavy (non-hydrogen) atoms. The number of sulfonamides is 1. The highest BCUT2D eigenvalue weighted by atomic mass is 32.2. The highest BCUT2D eigenvalue weighted by Gasteiger charge is 2.30. The van der Waals surface area contributed by atoms with Crippen molar-refractivity contribution in [2.24, 2.45) is 0 Å². The number of methoxy groups -OCH3 is 1. The molecule has 3 rings (SSSR count). The molecule has 1 atom stereocenters. The number of nitrogens with one attached hydrogen (secondary N) is 1. The third kappa shape index (κ3) is 4.55. The van der Waals surface area contributed by atoms with E-state index in [0.29, 0.717) is 31.9 Å². The van der Waals surface area contributed by atoms with Crippen LogP contribution in [0.1, 0.15) is 18.5 Å². The molecule has 0 bridgehead atoms. The Bertz CT molecular complexity index is 1020. The van der Waals surface area contributed by atoms with Gasteiger partial charge >= 0.3 is 0 Å². The van der Waals surface area contributed by atoms with Gasteiger partial charge in [0.25, 0.3) is 5.69 Å². The summed E-state index contributed by atoms with van der Waals surface area (Å²) in [6.07, 6.45) is 0. The third-order valence-electron chi connectivity index (χ3n) is 5.24. The zero-order chi connectivity index (χ0) is 21.9. The molecule has 1 saturated heterocycles. The zero-order valence-electron chi connectivity index (χ0n) is 17.2. The average Bonchev–Trinajstić information content (AvgIpc) is 2.74. The van der Waals surface area contributed by atoms with E-state index in [4.69, 9.17) is 4.74 Å². The minimum Gasteiger partial charge on any atom is -0.496 e. The van der Waals surface area contributed by atoms with Gasteiger partial charge in [-0.3, -0.25) is 10.1 Å². The van der Waals surface area contributed by atoms with Crippen molar-refractivity contribution in [3.05, 3.63) is 58.1 Å². The maximum atomic E-state index is 13.0. The molecule has 1 N–H and O–H groups in total. The topological polar surface area (TPSA) is 105 Å². The Hall–Kier alpha value is -2.69. The highest BCUT2D eigenvalue weighted by molar-refractivity contribution is 7.89. The first-order valence-electron chi connectivity index (χ1n) is 9.60. The van der Waals surface area contributed by atoms with Gasteiger partial charge in [0.05, 0.1) is 23.0 Å². The first-order valence-corrected chi connectivity index (χ1v) is 11.0. The smallest absolute Gasteiger partial charge is 0.293 e. The fourth-order valence-electron chi connectivity index (χ4n) is 3.46. The van der Waals surface area contributed by atoms with Gasteiger partial charge in [-0.15, -0.1) is 0 Å². The SMILES string of the molecule is COc1ccccc1[C@@H](C)Nc1ccc(S(=O)(=O)N2CCN(C)CC2)cc1[N+](=O)[O-]. The molecule has 162 valence electrons. The number of benzene rings is 2. The zero-order valence-corrected chi connectivity index (χ0v) is 18.1. The molecule has 0 spiro atoms. The molecule has 9 nitrogen and oxygen atoms in total. The van der Waals surface area contributed by atoms with Crippen LogP contribution in [0.15, 0.2) is 47.4 Å². The van der Waals surface area contributed by atoms with E-state index in [1.54, 1.807) is 7.11 Å². The fraction of sp³-hybridized carbons (Fsp3) is 0.400. The number of likely N-dealkylation sites (N-methyl/N-ethyl adjacent to an activating group) is 1. The summed E-state index contributed by atoms with van der Waals surface area (Å²) >= 11 is 0. The Labute approximate surface area is 176 Å². The van der Waals surface area contributed by atoms with Gasteiger partial charge in [0.15, 0.2) is 0 Å². The van der Waals surface area contributed by atoms with Gasteiger partial charge < -0.3 is 15.0 Å². The maximum Gasteiger partial charge on any atom is 0.293 e. The molecular formula is C20H26N4O5S. The fourth-order valence-corrected chi connectivity index (χ4v) is 4.90. The van der Waals surface area contributed by atoms with E-state index in [1.165, 1.54) is 16.4 Å². The van der Waals surface area contributed by atoms with Crippen molar-refractivity contribution in [2.75, 3.05) is 45.7 Å². The number of rotatable bonds is 7. The second kappa shape index (κ2) is 8.99. The molecule has 0 radical (unpaired) electrons. The molecule has 2 aromatic carbocycles. The lowest BCUT2D eigenvalue weighted by atomic mass is 10.1. The number of nitro groups is 1. The quantitative estimate of drug-likeness (QED) is 0.528. The lowest BCUT2D eigenvalue weighted by Crippen LogP contribution is -2.47. The summed E-state index contributed by atoms with van der Waals surface area (Å²) in [5.41, 5.74) is 0.797. The number of nitro benzene ring substituents is 1. The van der Waals surface area contributed by atoms with Crippen molar-refractivity contribution in [2.45, 2.75) is 17.9 Å². The minimum atomic E-state index is -3.80. The van der Waals surface area contributed by atoms with E-state index in [-0.39, 0.29) is 22.3 Å². The standard InChI is InChI=1S/C20H26N4O5S/c1-15(17-6-4-5-7-20(17)29-3)21-18-9-8-16(14-19(18)24(25)26)30(27,28)23-12-10-22(2)11-13-23/h4-9,14-15,21H,10-13H2,1-3H3/t15-/m1/s1. The van der Waals surface area contributed by atoms with Crippen molar-refractivity contribution >= 4 is 21.4 Å². The summed E-state index contributed by atoms with van der Waals surface area (Å²) < 4.78 is 32.6. The number of hydrogen-bond acceptors (Lipinski definition) is 7. The van der Waals surface area contributed by atoms with Crippen LogP contribution in [-0.2, 0) is 10.0 Å². The van der Waals surface area contributed by atoms with Crippen LogP contribution in [0.2, 0.25) is 0 Å². The van der Waals surface area contributed by atoms with Gasteiger partial charge in [-0.05, 0) is 32.2 Å². The van der Waals surface area contributed by atoms with E-state index < -0.39 is 14.9 Å². The van der Waals surface area contributed by atoms with Crippen molar-refractivity contribution in [1.29, 1.82) is 0 Å². The summed E-state index contributed by atoms with van der Waals surface area (Å²) in [6, 6.07) is 11.1. The van der Waals surface area contributed by atoms with Gasteiger partial charge in [0, 0.05) is 37.8 Å². The molecule has 0 saturated carbocycles. The molecule has 0 amide bonds. The van der Waals surface area contributed by atoms with Crippen LogP contribution in [0.3, 0.4) is 0 Å². The van der Waals surface area contributed by atoms with Gasteiger partial charge in [-0.1, -0.05) is 18.2 Å². The Morgan fingerprint density at radius 3 is 2.43 bits per heavy atom. The largest absolute Gasteiger partial charge is 0.496 e. The van der Waals surface area contributed by atoms with E-state index in [9.17, 15) is 18.5 Å². The lowest BCUT2D eigenvalue weighted by Gasteiger charge is -2.31. The van der Waals surface area contributed by atoms with Gasteiger partial charge in [-0.25, -0.2) is 8.42 Å². The number of piperazine rings is 1. The molecule has 1 fully saturated rings. The van der Waals surface area contributed by atoms with Crippen LogP contribution in [0.5, 0.6) is 5.75 Å². The van der Waals surface area contributed by atoms with E-state index in [0.717, 1.165) is 11.6 Å². The van der Waals surface area contributed by atoms with Crippen LogP contribution in [0, 0.1) is 10.1 Å². The molecule has 0 aliphatic carbocycles. The van der Waals surface area contributed by atoms with Crippen LogP contribution in [-0.4, -0.2) is 62.9 Å². The maximum absolute atomic E-state index is 13.0. The molecule has 1 aliphatic heterocycles. The normalized spacial score (nSPS) is 16.8. The first-order chi connectivity index (χ1) is 14.2. The molecule has 1 heterocycles. The molecule has 1 aliphatic rings. The number of para-hydroxylation sites is 1. The lowest BCUT2D eigenvalue weighted by molar-refractivity contribution is -0.384. The molecule has 0 aromatic heterocycles. The van der Waals surface area contributed by atoms with Gasteiger partial charge in [-0.2, -0.15) is 4.31 Å². The molecular weight excluding hydrogens is 408 g/mol. The highest BCUT2D eigenvalue weighted by Crippen LogP contribution is 2.33. The first kappa shape index (κ1) is 22.0. The van der Waals surface area contributed by atoms with Crippen LogP contribution < -0.4 is 10.1 Å². The summed E-state index contributed by atoms with van der Waals surface area (Å²) in [5.74, 6) is 0.661. The average molecular weight is 435 g/mol. The summed E-state index contributed by atoms with van der Waals surface area (Å²) in [4.78, 5) is 13.1. The molecule has 10 heteroatoms. The van der Waals surface area contributed by atoms with Crippen molar-refractivity contribution in [3.63, 3.8) is 0 Å². The summed E-state index contributed by atoms with van der Waals surface area (Å²) in [5, 5.41) is 14.8. The second-order valence-corrected chi connectivity index (χ2v) is 9.19. The Kier molecular flexibility index (Phi) is 6.59. The summed E-state index contributed by atoms with van der Waals surface area (Å²) in [7, 11) is -0.305. The van der Waals surface area contributed by atoms with E-state index in [2.05, 4.69) is 5.32 Å².